The SMILES string of the molecule is Cl.NC1CC1c1ccsc1. The fourth-order valence-corrected chi connectivity index (χ4v) is 1.81. The number of halogens is 1. The zero-order valence-electron chi connectivity index (χ0n) is 5.49. The monoisotopic (exact) mass is 175 g/mol. The van der Waals surface area contributed by atoms with Gasteiger partial charge in [-0.2, -0.15) is 11.3 Å². The van der Waals surface area contributed by atoms with Crippen LogP contribution >= 0.6 is 23.7 Å². The van der Waals surface area contributed by atoms with Crippen molar-refractivity contribution in [3.8, 4) is 0 Å². The molecule has 2 unspecified atom stereocenters. The Kier molecular flexibility index (Phi) is 2.34. The van der Waals surface area contributed by atoms with Gasteiger partial charge in [-0.25, -0.2) is 0 Å². The van der Waals surface area contributed by atoms with E-state index in [1.54, 1.807) is 11.3 Å². The Morgan fingerprint density at radius 1 is 1.60 bits per heavy atom. The van der Waals surface area contributed by atoms with Crippen LogP contribution in [0.1, 0.15) is 17.9 Å². The van der Waals surface area contributed by atoms with E-state index >= 15 is 0 Å². The summed E-state index contributed by atoms with van der Waals surface area (Å²) < 4.78 is 0. The van der Waals surface area contributed by atoms with Gasteiger partial charge in [0.15, 0.2) is 0 Å². The van der Waals surface area contributed by atoms with Crippen LogP contribution in [0.2, 0.25) is 0 Å². The largest absolute Gasteiger partial charge is 0.327 e. The van der Waals surface area contributed by atoms with Crippen LogP contribution in [0.15, 0.2) is 16.8 Å². The van der Waals surface area contributed by atoms with E-state index in [4.69, 9.17) is 5.73 Å². The van der Waals surface area contributed by atoms with Gasteiger partial charge in [-0.15, -0.1) is 12.4 Å². The molecule has 0 bridgehead atoms. The maximum absolute atomic E-state index is 5.66. The molecular weight excluding hydrogens is 166 g/mol. The van der Waals surface area contributed by atoms with E-state index in [9.17, 15) is 0 Å². The van der Waals surface area contributed by atoms with Gasteiger partial charge in [0, 0.05) is 12.0 Å². The summed E-state index contributed by atoms with van der Waals surface area (Å²) >= 11 is 1.75. The van der Waals surface area contributed by atoms with Gasteiger partial charge in [0.2, 0.25) is 0 Å². The van der Waals surface area contributed by atoms with E-state index in [-0.39, 0.29) is 12.4 Å². The van der Waals surface area contributed by atoms with Crippen LogP contribution in [0, 0.1) is 0 Å². The summed E-state index contributed by atoms with van der Waals surface area (Å²) in [5.41, 5.74) is 7.10. The Hall–Kier alpha value is -0.0500. The van der Waals surface area contributed by atoms with Crippen molar-refractivity contribution in [2.45, 2.75) is 18.4 Å². The Morgan fingerprint density at radius 2 is 2.30 bits per heavy atom. The van der Waals surface area contributed by atoms with Crippen molar-refractivity contribution in [2.24, 2.45) is 5.73 Å². The number of hydrogen-bond acceptors (Lipinski definition) is 2. The summed E-state index contributed by atoms with van der Waals surface area (Å²) in [7, 11) is 0. The third-order valence-electron chi connectivity index (χ3n) is 1.81. The molecule has 2 rings (SSSR count). The normalized spacial score (nSPS) is 29.3. The molecule has 1 aromatic heterocycles. The third kappa shape index (κ3) is 1.34. The van der Waals surface area contributed by atoms with Gasteiger partial charge in [0.1, 0.15) is 0 Å². The standard InChI is InChI=1S/C7H9NS.ClH/c8-7-3-6(7)5-1-2-9-4-5;/h1-2,4,6-7H,3,8H2;1H. The Bertz CT molecular complexity index is 197. The second kappa shape index (κ2) is 2.91. The molecule has 0 saturated heterocycles. The van der Waals surface area contributed by atoms with Crippen LogP contribution in [0.4, 0.5) is 0 Å². The van der Waals surface area contributed by atoms with Crippen LogP contribution < -0.4 is 5.73 Å². The molecule has 1 nitrogen and oxygen atoms in total. The molecule has 10 heavy (non-hydrogen) atoms. The van der Waals surface area contributed by atoms with E-state index in [1.165, 1.54) is 12.0 Å². The van der Waals surface area contributed by atoms with Gasteiger partial charge in [-0.3, -0.25) is 0 Å². The molecular formula is C7H10ClNS. The van der Waals surface area contributed by atoms with Crippen molar-refractivity contribution >= 4 is 23.7 Å². The predicted molar refractivity (Wildman–Crippen MR) is 46.9 cm³/mol. The van der Waals surface area contributed by atoms with Crippen LogP contribution in [0.3, 0.4) is 0 Å². The van der Waals surface area contributed by atoms with Gasteiger partial charge >= 0.3 is 0 Å². The second-order valence-electron chi connectivity index (χ2n) is 2.56. The fourth-order valence-electron chi connectivity index (χ4n) is 1.08. The van der Waals surface area contributed by atoms with Gasteiger partial charge in [-0.05, 0) is 28.8 Å². The lowest BCUT2D eigenvalue weighted by Crippen LogP contribution is -1.99. The number of thiophene rings is 1. The zero-order chi connectivity index (χ0) is 6.27. The lowest BCUT2D eigenvalue weighted by Gasteiger charge is -1.86. The van der Waals surface area contributed by atoms with E-state index in [0.717, 1.165) is 0 Å². The molecule has 1 aliphatic rings. The summed E-state index contributed by atoms with van der Waals surface area (Å²) in [6.07, 6.45) is 1.19. The minimum atomic E-state index is 0. The average Bonchev–Trinajstić information content (AvgIpc) is 2.44. The van der Waals surface area contributed by atoms with Crippen LogP contribution in [-0.4, -0.2) is 6.04 Å². The van der Waals surface area contributed by atoms with Gasteiger partial charge in [0.25, 0.3) is 0 Å². The van der Waals surface area contributed by atoms with Gasteiger partial charge in [-0.1, -0.05) is 0 Å². The molecule has 56 valence electrons. The molecule has 1 heterocycles. The molecule has 3 heteroatoms. The highest BCUT2D eigenvalue weighted by molar-refractivity contribution is 7.08. The highest BCUT2D eigenvalue weighted by Crippen LogP contribution is 2.39. The van der Waals surface area contributed by atoms with Crippen molar-refractivity contribution in [3.05, 3.63) is 22.4 Å². The van der Waals surface area contributed by atoms with Crippen LogP contribution in [0.5, 0.6) is 0 Å². The van der Waals surface area contributed by atoms with E-state index in [1.807, 2.05) is 0 Å². The van der Waals surface area contributed by atoms with E-state index < -0.39 is 0 Å². The molecule has 0 aromatic carbocycles. The first-order valence-electron chi connectivity index (χ1n) is 3.15. The highest BCUT2D eigenvalue weighted by Gasteiger charge is 2.34. The van der Waals surface area contributed by atoms with Gasteiger partial charge < -0.3 is 5.73 Å². The topological polar surface area (TPSA) is 26.0 Å². The summed E-state index contributed by atoms with van der Waals surface area (Å²) in [6.45, 7) is 0. The second-order valence-corrected chi connectivity index (χ2v) is 3.34. The first-order chi connectivity index (χ1) is 4.38. The molecule has 2 N–H and O–H groups in total. The molecule has 1 aliphatic carbocycles. The Labute approximate surface area is 70.7 Å². The van der Waals surface area contributed by atoms with Crippen molar-refractivity contribution < 1.29 is 0 Å². The summed E-state index contributed by atoms with van der Waals surface area (Å²) in [5, 5.41) is 4.30. The van der Waals surface area contributed by atoms with E-state index in [2.05, 4.69) is 16.8 Å². The lowest BCUT2D eigenvalue weighted by atomic mass is 10.2. The predicted octanol–water partition coefficient (Wildman–Crippen LogP) is 1.98. The minimum Gasteiger partial charge on any atom is -0.327 e. The summed E-state index contributed by atoms with van der Waals surface area (Å²) in [6, 6.07) is 2.63. The zero-order valence-corrected chi connectivity index (χ0v) is 7.12. The fraction of sp³-hybridized carbons (Fsp3) is 0.429. The third-order valence-corrected chi connectivity index (χ3v) is 2.51. The van der Waals surface area contributed by atoms with Crippen molar-refractivity contribution in [2.75, 3.05) is 0 Å². The van der Waals surface area contributed by atoms with Crippen LogP contribution in [0.25, 0.3) is 0 Å². The molecule has 0 spiro atoms. The molecule has 0 aliphatic heterocycles. The minimum absolute atomic E-state index is 0. The number of hydrogen-bond donors (Lipinski definition) is 1. The summed E-state index contributed by atoms with van der Waals surface area (Å²) in [4.78, 5) is 0. The first-order valence-corrected chi connectivity index (χ1v) is 4.10. The molecule has 1 aromatic rings. The maximum Gasteiger partial charge on any atom is 0.0115 e. The van der Waals surface area contributed by atoms with E-state index in [0.29, 0.717) is 12.0 Å². The molecule has 0 radical (unpaired) electrons. The average molecular weight is 176 g/mol. The maximum atomic E-state index is 5.66. The molecule has 2 atom stereocenters. The number of rotatable bonds is 1. The summed E-state index contributed by atoms with van der Waals surface area (Å²) in [5.74, 6) is 0.691. The quantitative estimate of drug-likeness (QED) is 0.694. The first kappa shape index (κ1) is 8.05. The van der Waals surface area contributed by atoms with Crippen molar-refractivity contribution in [1.29, 1.82) is 0 Å². The lowest BCUT2D eigenvalue weighted by molar-refractivity contribution is 0.995. The smallest absolute Gasteiger partial charge is 0.0115 e. The Morgan fingerprint density at radius 3 is 2.70 bits per heavy atom. The molecule has 0 amide bonds. The van der Waals surface area contributed by atoms with Crippen molar-refractivity contribution in [1.82, 2.24) is 0 Å². The number of nitrogens with two attached hydrogens (primary N) is 1. The Balaban J connectivity index is 0.000000500. The molecule has 1 saturated carbocycles. The van der Waals surface area contributed by atoms with Crippen LogP contribution in [-0.2, 0) is 0 Å². The van der Waals surface area contributed by atoms with Gasteiger partial charge in [0.05, 0.1) is 0 Å². The van der Waals surface area contributed by atoms with Crippen molar-refractivity contribution in [3.63, 3.8) is 0 Å². The highest BCUT2D eigenvalue weighted by atomic mass is 35.5. The molecule has 1 fully saturated rings.